The number of carbonyl (C=O) groups is 1. The van der Waals surface area contributed by atoms with Crippen LogP contribution in [0.4, 0.5) is 0 Å². The molecule has 1 N–H and O–H groups in total. The van der Waals surface area contributed by atoms with Crippen molar-refractivity contribution in [2.75, 3.05) is 13.7 Å². The highest BCUT2D eigenvalue weighted by molar-refractivity contribution is 6.36. The van der Waals surface area contributed by atoms with Crippen molar-refractivity contribution < 1.29 is 13.9 Å². The van der Waals surface area contributed by atoms with Gasteiger partial charge in [0, 0.05) is 64.7 Å². The van der Waals surface area contributed by atoms with Gasteiger partial charge in [-0.3, -0.25) is 4.79 Å². The third-order valence-corrected chi connectivity index (χ3v) is 5.89. The van der Waals surface area contributed by atoms with Gasteiger partial charge in [0.05, 0.1) is 24.7 Å². The number of nitrogens with one attached hydrogen (secondary N) is 1. The number of aromatic nitrogens is 2. The first kappa shape index (κ1) is 23.0. The summed E-state index contributed by atoms with van der Waals surface area (Å²) in [6.45, 7) is 3.24. The number of amides is 1. The Bertz CT molecular complexity index is 1310. The van der Waals surface area contributed by atoms with Crippen molar-refractivity contribution >= 4 is 45.7 Å². The van der Waals surface area contributed by atoms with Gasteiger partial charge in [-0.05, 0) is 37.1 Å². The normalized spacial score (nSPS) is 11.7. The molecule has 8 heteroatoms. The maximum absolute atomic E-state index is 12.5. The highest BCUT2D eigenvalue weighted by atomic mass is 35.5. The molecule has 1 amide bonds. The zero-order valence-electron chi connectivity index (χ0n) is 18.3. The molecule has 0 saturated carbocycles. The van der Waals surface area contributed by atoms with Crippen molar-refractivity contribution in [3.63, 3.8) is 0 Å². The quantitative estimate of drug-likeness (QED) is 0.238. The van der Waals surface area contributed by atoms with Gasteiger partial charge in [-0.2, -0.15) is 0 Å². The van der Waals surface area contributed by atoms with E-state index in [-0.39, 0.29) is 5.91 Å². The predicted molar refractivity (Wildman–Crippen MR) is 132 cm³/mol. The van der Waals surface area contributed by atoms with Crippen molar-refractivity contribution in [3.05, 3.63) is 77.0 Å². The lowest BCUT2D eigenvalue weighted by Crippen LogP contribution is -2.23. The first-order valence-corrected chi connectivity index (χ1v) is 11.2. The molecule has 33 heavy (non-hydrogen) atoms. The first-order valence-electron chi connectivity index (χ1n) is 10.4. The monoisotopic (exact) mass is 483 g/mol. The number of fused-ring (bicyclic) bond motifs is 1. The minimum absolute atomic E-state index is 0.159. The number of rotatable bonds is 8. The number of methoxy groups -OCH3 is 1. The number of hydrogen-bond acceptors (Lipinski definition) is 4. The Labute approximate surface area is 201 Å². The molecule has 2 heterocycles. The molecule has 0 atom stereocenters. The number of benzene rings is 2. The van der Waals surface area contributed by atoms with Gasteiger partial charge in [-0.15, -0.1) is 0 Å². The summed E-state index contributed by atoms with van der Waals surface area (Å²) in [4.78, 5) is 16.5. The van der Waals surface area contributed by atoms with Crippen LogP contribution in [-0.2, 0) is 11.3 Å². The van der Waals surface area contributed by atoms with Gasteiger partial charge in [0.2, 0.25) is 5.91 Å². The number of furan rings is 1. The molecule has 2 aromatic carbocycles. The van der Waals surface area contributed by atoms with Crippen molar-refractivity contribution in [3.8, 4) is 16.9 Å². The number of allylic oxidation sites excluding steroid dienone is 1. The lowest BCUT2D eigenvalue weighted by molar-refractivity contribution is -0.116. The van der Waals surface area contributed by atoms with E-state index in [1.165, 1.54) is 0 Å². The number of ether oxygens (including phenoxy) is 1. The number of imidazole rings is 1. The summed E-state index contributed by atoms with van der Waals surface area (Å²) in [6.07, 6.45) is 9.45. The molecule has 0 bridgehead atoms. The van der Waals surface area contributed by atoms with Crippen LogP contribution >= 0.6 is 23.2 Å². The minimum atomic E-state index is -0.159. The molecule has 0 saturated heterocycles. The van der Waals surface area contributed by atoms with Crippen LogP contribution < -0.4 is 10.1 Å². The van der Waals surface area contributed by atoms with Crippen LogP contribution in [0.25, 0.3) is 27.7 Å². The summed E-state index contributed by atoms with van der Waals surface area (Å²) in [5.74, 6) is 0.459. The van der Waals surface area contributed by atoms with Gasteiger partial charge in [0.1, 0.15) is 11.3 Å². The molecule has 170 valence electrons. The van der Waals surface area contributed by atoms with Crippen LogP contribution in [0.3, 0.4) is 0 Å². The van der Waals surface area contributed by atoms with E-state index in [4.69, 9.17) is 32.4 Å². The molecule has 0 fully saturated rings. The minimum Gasteiger partial charge on any atom is -0.496 e. The largest absolute Gasteiger partial charge is 0.496 e. The fourth-order valence-electron chi connectivity index (χ4n) is 3.67. The Kier molecular flexibility index (Phi) is 7.06. The Morgan fingerprint density at radius 2 is 2.09 bits per heavy atom. The van der Waals surface area contributed by atoms with Gasteiger partial charge < -0.3 is 19.0 Å². The fourth-order valence-corrected chi connectivity index (χ4v) is 4.18. The van der Waals surface area contributed by atoms with E-state index in [2.05, 4.69) is 10.3 Å². The first-order chi connectivity index (χ1) is 16.0. The highest BCUT2D eigenvalue weighted by Crippen LogP contribution is 2.40. The van der Waals surface area contributed by atoms with E-state index < -0.39 is 0 Å². The number of halogens is 2. The summed E-state index contributed by atoms with van der Waals surface area (Å²) in [5.41, 5.74) is 3.88. The molecule has 0 aliphatic carbocycles. The molecule has 0 radical (unpaired) electrons. The SMILES string of the molecule is COc1cc2occ(-c3ccc(Cl)cc3Cl)c2cc1/C(C)=C/C(=O)NCCCn1ccnc1. The van der Waals surface area contributed by atoms with Crippen LogP contribution in [0.5, 0.6) is 5.75 Å². The van der Waals surface area contributed by atoms with Crippen LogP contribution in [-0.4, -0.2) is 29.1 Å². The summed E-state index contributed by atoms with van der Waals surface area (Å²) < 4.78 is 13.3. The summed E-state index contributed by atoms with van der Waals surface area (Å²) in [6, 6.07) is 9.12. The number of hydrogen-bond donors (Lipinski definition) is 1. The lowest BCUT2D eigenvalue weighted by atomic mass is 9.99. The Balaban J connectivity index is 1.57. The van der Waals surface area contributed by atoms with Crippen molar-refractivity contribution in [1.29, 1.82) is 0 Å². The van der Waals surface area contributed by atoms with E-state index in [9.17, 15) is 4.79 Å². The summed E-state index contributed by atoms with van der Waals surface area (Å²) in [7, 11) is 1.59. The van der Waals surface area contributed by atoms with Crippen molar-refractivity contribution in [2.45, 2.75) is 19.9 Å². The van der Waals surface area contributed by atoms with Crippen molar-refractivity contribution in [1.82, 2.24) is 14.9 Å². The topological polar surface area (TPSA) is 69.3 Å². The molecule has 2 aromatic heterocycles. The maximum atomic E-state index is 12.5. The Hall–Kier alpha value is -3.22. The summed E-state index contributed by atoms with van der Waals surface area (Å²) in [5, 5.41) is 4.89. The number of nitrogens with zero attached hydrogens (tertiary/aromatic N) is 2. The van der Waals surface area contributed by atoms with Gasteiger partial charge in [-0.25, -0.2) is 4.98 Å². The van der Waals surface area contributed by atoms with E-state index >= 15 is 0 Å². The molecule has 0 spiro atoms. The smallest absolute Gasteiger partial charge is 0.244 e. The van der Waals surface area contributed by atoms with E-state index in [1.807, 2.05) is 35.9 Å². The molecule has 6 nitrogen and oxygen atoms in total. The third kappa shape index (κ3) is 5.24. The van der Waals surface area contributed by atoms with Crippen LogP contribution in [0.1, 0.15) is 18.9 Å². The molecular weight excluding hydrogens is 461 g/mol. The maximum Gasteiger partial charge on any atom is 0.244 e. The second-order valence-electron chi connectivity index (χ2n) is 7.59. The average Bonchev–Trinajstić information content (AvgIpc) is 3.45. The van der Waals surface area contributed by atoms with E-state index in [1.54, 1.807) is 44.1 Å². The van der Waals surface area contributed by atoms with Crippen molar-refractivity contribution in [2.24, 2.45) is 0 Å². The molecule has 0 aliphatic heterocycles. The number of aryl methyl sites for hydroxylation is 1. The number of carbonyl (C=O) groups excluding carboxylic acids is 1. The van der Waals surface area contributed by atoms with Gasteiger partial charge in [0.25, 0.3) is 0 Å². The zero-order chi connectivity index (χ0) is 23.4. The van der Waals surface area contributed by atoms with Crippen LogP contribution in [0, 0.1) is 0 Å². The van der Waals surface area contributed by atoms with Gasteiger partial charge in [-0.1, -0.05) is 29.3 Å². The molecule has 4 rings (SSSR count). The van der Waals surface area contributed by atoms with Gasteiger partial charge in [0.15, 0.2) is 0 Å². The third-order valence-electron chi connectivity index (χ3n) is 5.34. The van der Waals surface area contributed by atoms with E-state index in [0.717, 1.165) is 40.6 Å². The molecule has 0 unspecified atom stereocenters. The Morgan fingerprint density at radius 1 is 1.24 bits per heavy atom. The molecule has 4 aromatic rings. The second-order valence-corrected chi connectivity index (χ2v) is 8.44. The fraction of sp³-hybridized carbons (Fsp3) is 0.200. The predicted octanol–water partition coefficient (Wildman–Crippen LogP) is 6.22. The Morgan fingerprint density at radius 3 is 2.82 bits per heavy atom. The molecule has 0 aliphatic rings. The van der Waals surface area contributed by atoms with Crippen LogP contribution in [0.15, 0.2) is 65.8 Å². The lowest BCUT2D eigenvalue weighted by Gasteiger charge is -2.11. The molecular formula is C25H23Cl2N3O3. The zero-order valence-corrected chi connectivity index (χ0v) is 19.8. The second kappa shape index (κ2) is 10.1. The standard InChI is InChI=1S/C25H23Cl2N3O3/c1-16(10-25(31)29-6-3-8-30-9-7-28-15-30)19-12-20-21(14-33-24(20)13-23(19)32-2)18-5-4-17(26)11-22(18)27/h4-5,7,9-15H,3,6,8H2,1-2H3,(H,29,31)/b16-10+. The van der Waals surface area contributed by atoms with Gasteiger partial charge >= 0.3 is 0 Å². The summed E-state index contributed by atoms with van der Waals surface area (Å²) >= 11 is 12.5. The van der Waals surface area contributed by atoms with Crippen LogP contribution in [0.2, 0.25) is 10.0 Å². The van der Waals surface area contributed by atoms with E-state index in [0.29, 0.717) is 27.9 Å². The highest BCUT2D eigenvalue weighted by Gasteiger charge is 2.16. The average molecular weight is 484 g/mol.